The van der Waals surface area contributed by atoms with Gasteiger partial charge in [0.2, 0.25) is 0 Å². The number of aryl methyl sites for hydroxylation is 1. The summed E-state index contributed by atoms with van der Waals surface area (Å²) in [5.41, 5.74) is 1.87. The molecule has 0 aromatic carbocycles. The smallest absolute Gasteiger partial charge is 0.0846 e. The summed E-state index contributed by atoms with van der Waals surface area (Å²) in [6.07, 6.45) is 14.4. The maximum atomic E-state index is 3.65. The number of hydrogen-bond acceptors (Lipinski definition) is 0. The van der Waals surface area contributed by atoms with Crippen molar-refractivity contribution in [2.75, 3.05) is 0 Å². The zero-order chi connectivity index (χ0) is 15.0. The second-order valence-corrected chi connectivity index (χ2v) is 7.30. The lowest BCUT2D eigenvalue weighted by Crippen LogP contribution is -2.21. The summed E-state index contributed by atoms with van der Waals surface area (Å²) in [7, 11) is 2.12. The number of rotatable bonds is 10. The molecule has 1 nitrogen and oxygen atoms in total. The molecule has 2 heteroatoms. The summed E-state index contributed by atoms with van der Waals surface area (Å²) in [6, 6.07) is 2.33. The molecule has 0 N–H and O–H groups in total. The lowest BCUT2D eigenvalue weighted by molar-refractivity contribution is 0.365. The number of hydrogen-bond donors (Lipinski definition) is 0. The van der Waals surface area contributed by atoms with E-state index in [0.717, 1.165) is 0 Å². The van der Waals surface area contributed by atoms with E-state index in [9.17, 15) is 0 Å². The maximum absolute atomic E-state index is 3.65. The van der Waals surface area contributed by atoms with Crippen LogP contribution < -0.4 is 0 Å². The van der Waals surface area contributed by atoms with Crippen LogP contribution in [0, 0.1) is 0 Å². The fourth-order valence-electron chi connectivity index (χ4n) is 2.99. The summed E-state index contributed by atoms with van der Waals surface area (Å²) in [6.45, 7) is 7.04. The van der Waals surface area contributed by atoms with Crippen LogP contribution in [0.1, 0.15) is 84.1 Å². The second kappa shape index (κ2) is 8.92. The van der Waals surface area contributed by atoms with Crippen molar-refractivity contribution in [2.45, 2.75) is 84.0 Å². The van der Waals surface area contributed by atoms with Crippen molar-refractivity contribution in [1.82, 2.24) is 4.57 Å². The number of unbranched alkanes of at least 4 members (excludes halogenated alkanes) is 5. The van der Waals surface area contributed by atoms with Gasteiger partial charge in [-0.25, -0.2) is 0 Å². The van der Waals surface area contributed by atoms with Crippen molar-refractivity contribution in [2.24, 2.45) is 7.05 Å². The molecule has 1 atom stereocenters. The quantitative estimate of drug-likeness (QED) is 0.422. The summed E-state index contributed by atoms with van der Waals surface area (Å²) in [4.78, 5) is 0. The first-order valence-corrected chi connectivity index (χ1v) is 9.15. The highest BCUT2D eigenvalue weighted by Crippen LogP contribution is 2.37. The van der Waals surface area contributed by atoms with E-state index in [1.165, 1.54) is 68.0 Å². The molecule has 0 aliphatic rings. The minimum atomic E-state index is 0.354. The van der Waals surface area contributed by atoms with E-state index < -0.39 is 0 Å². The highest BCUT2D eigenvalue weighted by atomic mass is 79.9. The van der Waals surface area contributed by atoms with E-state index in [-0.39, 0.29) is 0 Å². The second-order valence-electron chi connectivity index (χ2n) is 6.49. The van der Waals surface area contributed by atoms with Crippen LogP contribution in [0.15, 0.2) is 16.9 Å². The largest absolute Gasteiger partial charge is 0.345 e. The van der Waals surface area contributed by atoms with Gasteiger partial charge < -0.3 is 4.57 Å². The molecule has 0 amide bonds. The molecule has 1 unspecified atom stereocenters. The van der Waals surface area contributed by atoms with Gasteiger partial charge in [-0.05, 0) is 45.8 Å². The third kappa shape index (κ3) is 5.27. The Bertz CT molecular complexity index is 363. The summed E-state index contributed by atoms with van der Waals surface area (Å²) in [5, 5.41) is 0. The molecule has 20 heavy (non-hydrogen) atoms. The Hall–Kier alpha value is -0.240. The molecule has 1 heterocycles. The number of halogens is 1. The van der Waals surface area contributed by atoms with Gasteiger partial charge in [-0.2, -0.15) is 0 Å². The Kier molecular flexibility index (Phi) is 7.94. The summed E-state index contributed by atoms with van der Waals surface area (Å²) < 4.78 is 3.39. The van der Waals surface area contributed by atoms with Gasteiger partial charge in [0.25, 0.3) is 0 Å². The van der Waals surface area contributed by atoms with Crippen molar-refractivity contribution >= 4 is 15.9 Å². The van der Waals surface area contributed by atoms with Crippen molar-refractivity contribution in [3.63, 3.8) is 0 Å². The van der Waals surface area contributed by atoms with E-state index in [1.807, 2.05) is 0 Å². The molecule has 0 aliphatic carbocycles. The first-order chi connectivity index (χ1) is 9.53. The molecule has 1 aromatic heterocycles. The van der Waals surface area contributed by atoms with Gasteiger partial charge in [0.1, 0.15) is 0 Å². The fraction of sp³-hybridized carbons (Fsp3) is 0.778. The summed E-state index contributed by atoms with van der Waals surface area (Å²) in [5.74, 6) is 0. The first kappa shape index (κ1) is 17.8. The average Bonchev–Trinajstić information content (AvgIpc) is 2.76. The van der Waals surface area contributed by atoms with Crippen molar-refractivity contribution in [3.05, 3.63) is 22.4 Å². The third-order valence-electron chi connectivity index (χ3n) is 4.56. The van der Waals surface area contributed by atoms with Gasteiger partial charge in [0.15, 0.2) is 0 Å². The SMILES string of the molecule is CCCCCCC(C)(CCCCC)c1cc(Br)n(C)c1. The maximum Gasteiger partial charge on any atom is 0.0846 e. The van der Waals surface area contributed by atoms with Gasteiger partial charge in [0.05, 0.1) is 4.60 Å². The minimum absolute atomic E-state index is 0.354. The minimum Gasteiger partial charge on any atom is -0.345 e. The number of nitrogens with zero attached hydrogens (tertiary/aromatic N) is 1. The zero-order valence-corrected chi connectivity index (χ0v) is 15.4. The third-order valence-corrected chi connectivity index (χ3v) is 5.34. The van der Waals surface area contributed by atoms with Gasteiger partial charge in [-0.3, -0.25) is 0 Å². The monoisotopic (exact) mass is 341 g/mol. The Balaban J connectivity index is 2.71. The Labute approximate surface area is 134 Å². The van der Waals surface area contributed by atoms with Crippen LogP contribution in [0.2, 0.25) is 0 Å². The first-order valence-electron chi connectivity index (χ1n) is 8.36. The molecule has 0 bridgehead atoms. The standard InChI is InChI=1S/C18H32BrN/c1-5-7-9-11-13-18(3,12-10-8-6-2)16-14-17(19)20(4)15-16/h14-15H,5-13H2,1-4H3. The molecule has 0 saturated heterocycles. The van der Waals surface area contributed by atoms with E-state index in [2.05, 4.69) is 60.6 Å². The van der Waals surface area contributed by atoms with Gasteiger partial charge in [0, 0.05) is 13.2 Å². The van der Waals surface area contributed by atoms with E-state index in [4.69, 9.17) is 0 Å². The topological polar surface area (TPSA) is 4.93 Å². The zero-order valence-electron chi connectivity index (χ0n) is 13.8. The molecule has 0 saturated carbocycles. The molecule has 0 radical (unpaired) electrons. The molecule has 0 fully saturated rings. The molecule has 0 spiro atoms. The van der Waals surface area contributed by atoms with Gasteiger partial charge in [-0.15, -0.1) is 0 Å². The van der Waals surface area contributed by atoms with Gasteiger partial charge >= 0.3 is 0 Å². The molecule has 116 valence electrons. The van der Waals surface area contributed by atoms with Crippen LogP contribution in [0.25, 0.3) is 0 Å². The lowest BCUT2D eigenvalue weighted by Gasteiger charge is -2.29. The van der Waals surface area contributed by atoms with Crippen molar-refractivity contribution in [1.29, 1.82) is 0 Å². The summed E-state index contributed by atoms with van der Waals surface area (Å²) >= 11 is 3.65. The van der Waals surface area contributed by atoms with Crippen LogP contribution in [0.3, 0.4) is 0 Å². The predicted octanol–water partition coefficient (Wildman–Crippen LogP) is 6.60. The predicted molar refractivity (Wildman–Crippen MR) is 93.4 cm³/mol. The molecule has 1 aromatic rings. The molecule has 0 aliphatic heterocycles. The highest BCUT2D eigenvalue weighted by Gasteiger charge is 2.27. The van der Waals surface area contributed by atoms with Crippen LogP contribution in [-0.4, -0.2) is 4.57 Å². The molecular formula is C18H32BrN. The number of aromatic nitrogens is 1. The van der Waals surface area contributed by atoms with Crippen LogP contribution in [0.5, 0.6) is 0 Å². The van der Waals surface area contributed by atoms with Crippen molar-refractivity contribution in [3.8, 4) is 0 Å². The molecule has 1 rings (SSSR count). The fourth-order valence-corrected chi connectivity index (χ4v) is 3.34. The van der Waals surface area contributed by atoms with E-state index in [1.54, 1.807) is 0 Å². The molecular weight excluding hydrogens is 310 g/mol. The van der Waals surface area contributed by atoms with Crippen molar-refractivity contribution < 1.29 is 0 Å². The Morgan fingerprint density at radius 2 is 1.55 bits per heavy atom. The average molecular weight is 342 g/mol. The normalized spacial score (nSPS) is 14.4. The van der Waals surface area contributed by atoms with E-state index in [0.29, 0.717) is 5.41 Å². The highest BCUT2D eigenvalue weighted by molar-refractivity contribution is 9.10. The van der Waals surface area contributed by atoms with Crippen LogP contribution in [-0.2, 0) is 12.5 Å². The van der Waals surface area contributed by atoms with Crippen LogP contribution >= 0.6 is 15.9 Å². The van der Waals surface area contributed by atoms with E-state index >= 15 is 0 Å². The van der Waals surface area contributed by atoms with Crippen LogP contribution in [0.4, 0.5) is 0 Å². The Morgan fingerprint density at radius 3 is 2.05 bits per heavy atom. The van der Waals surface area contributed by atoms with Gasteiger partial charge in [-0.1, -0.05) is 65.7 Å². The Morgan fingerprint density at radius 1 is 1.00 bits per heavy atom. The lowest BCUT2D eigenvalue weighted by atomic mass is 9.75.